The van der Waals surface area contributed by atoms with Crippen molar-refractivity contribution in [1.82, 2.24) is 9.55 Å². The summed E-state index contributed by atoms with van der Waals surface area (Å²) in [5.74, 6) is 0.176. The van der Waals surface area contributed by atoms with Gasteiger partial charge >= 0.3 is 0 Å². The van der Waals surface area contributed by atoms with E-state index in [4.69, 9.17) is 16.6 Å². The van der Waals surface area contributed by atoms with Crippen molar-refractivity contribution in [1.29, 1.82) is 0 Å². The summed E-state index contributed by atoms with van der Waals surface area (Å²) in [6.45, 7) is 0.672. The topological polar surface area (TPSA) is 55.2 Å². The third kappa shape index (κ3) is 3.73. The van der Waals surface area contributed by atoms with Crippen molar-refractivity contribution in [2.45, 2.75) is 11.6 Å². The monoisotopic (exact) mass is 447 g/mol. The molecule has 0 saturated carbocycles. The number of rotatable bonds is 4. The Morgan fingerprint density at radius 1 is 1.03 bits per heavy atom. The van der Waals surface area contributed by atoms with Gasteiger partial charge in [-0.3, -0.25) is 14.2 Å². The Labute approximate surface area is 188 Å². The van der Waals surface area contributed by atoms with Gasteiger partial charge in [0.05, 0.1) is 22.3 Å². The van der Waals surface area contributed by atoms with E-state index in [1.54, 1.807) is 24.3 Å². The lowest BCUT2D eigenvalue weighted by molar-refractivity contribution is -0.116. The number of hydrogen-bond donors (Lipinski definition) is 0. The van der Waals surface area contributed by atoms with Crippen LogP contribution in [0.25, 0.3) is 16.6 Å². The van der Waals surface area contributed by atoms with Crippen molar-refractivity contribution >= 4 is 45.9 Å². The van der Waals surface area contributed by atoms with Crippen LogP contribution in [0.15, 0.2) is 82.7 Å². The summed E-state index contributed by atoms with van der Waals surface area (Å²) >= 11 is 7.44. The molecule has 0 aliphatic carbocycles. The van der Waals surface area contributed by atoms with Gasteiger partial charge in [-0.2, -0.15) is 0 Å². The highest BCUT2D eigenvalue weighted by Gasteiger charge is 2.25. The summed E-state index contributed by atoms with van der Waals surface area (Å²) in [5, 5.41) is 1.51. The molecule has 0 bridgehead atoms. The molecule has 4 aromatic rings. The molecule has 1 amide bonds. The van der Waals surface area contributed by atoms with Crippen molar-refractivity contribution in [3.63, 3.8) is 0 Å². The van der Waals surface area contributed by atoms with Crippen LogP contribution in [-0.4, -0.2) is 27.8 Å². The number of carbonyl (C=O) groups is 1. The summed E-state index contributed by atoms with van der Waals surface area (Å²) in [6, 6.07) is 22.3. The lowest BCUT2D eigenvalue weighted by Gasteiger charge is -2.18. The van der Waals surface area contributed by atoms with Crippen LogP contribution in [0.1, 0.15) is 5.56 Å². The second-order valence-corrected chi connectivity index (χ2v) is 8.62. The smallest absolute Gasteiger partial charge is 0.266 e. The molecular weight excluding hydrogens is 430 g/mol. The third-order valence-electron chi connectivity index (χ3n) is 5.32. The van der Waals surface area contributed by atoms with Gasteiger partial charge in [0, 0.05) is 17.3 Å². The first-order chi connectivity index (χ1) is 15.1. The molecule has 1 aliphatic rings. The number of halogens is 1. The Kier molecular flexibility index (Phi) is 5.26. The number of fused-ring (bicyclic) bond motifs is 2. The predicted octanol–water partition coefficient (Wildman–Crippen LogP) is 4.72. The summed E-state index contributed by atoms with van der Waals surface area (Å²) < 4.78 is 1.53. The number of hydrogen-bond acceptors (Lipinski definition) is 4. The Bertz CT molecular complexity index is 1370. The fourth-order valence-corrected chi connectivity index (χ4v) is 4.93. The van der Waals surface area contributed by atoms with E-state index in [1.165, 1.54) is 21.9 Å². The second-order valence-electron chi connectivity index (χ2n) is 7.24. The molecule has 3 aromatic carbocycles. The van der Waals surface area contributed by atoms with Crippen molar-refractivity contribution in [3.05, 3.63) is 93.7 Å². The number of aromatic nitrogens is 2. The van der Waals surface area contributed by atoms with Crippen LogP contribution in [0, 0.1) is 0 Å². The largest absolute Gasteiger partial charge is 0.311 e. The molecule has 0 fully saturated rings. The Hall–Kier alpha value is -3.09. The maximum atomic E-state index is 13.3. The molecule has 0 spiro atoms. The molecule has 0 unspecified atom stereocenters. The minimum absolute atomic E-state index is 0.00463. The van der Waals surface area contributed by atoms with Crippen LogP contribution < -0.4 is 10.5 Å². The molecule has 0 N–H and O–H groups in total. The number of thioether (sulfide) groups is 1. The Balaban J connectivity index is 1.51. The highest BCUT2D eigenvalue weighted by atomic mass is 35.5. The average molecular weight is 448 g/mol. The molecule has 1 aromatic heterocycles. The van der Waals surface area contributed by atoms with E-state index in [0.717, 1.165) is 12.1 Å². The second kappa shape index (κ2) is 8.21. The van der Waals surface area contributed by atoms with E-state index in [2.05, 4.69) is 6.07 Å². The van der Waals surface area contributed by atoms with Crippen LogP contribution in [0.4, 0.5) is 5.69 Å². The normalized spacial score (nSPS) is 12.9. The third-order valence-corrected chi connectivity index (χ3v) is 6.48. The zero-order valence-corrected chi connectivity index (χ0v) is 18.1. The van der Waals surface area contributed by atoms with Crippen molar-refractivity contribution in [3.8, 4) is 5.69 Å². The number of benzene rings is 3. The van der Waals surface area contributed by atoms with Crippen molar-refractivity contribution < 1.29 is 4.79 Å². The first-order valence-corrected chi connectivity index (χ1v) is 11.3. The van der Waals surface area contributed by atoms with E-state index < -0.39 is 0 Å². The molecule has 154 valence electrons. The number of nitrogens with zero attached hydrogens (tertiary/aromatic N) is 3. The van der Waals surface area contributed by atoms with Gasteiger partial charge in [0.25, 0.3) is 5.56 Å². The lowest BCUT2D eigenvalue weighted by Crippen LogP contribution is -2.31. The zero-order chi connectivity index (χ0) is 21.4. The highest BCUT2D eigenvalue weighted by Crippen LogP contribution is 2.29. The van der Waals surface area contributed by atoms with Crippen LogP contribution >= 0.6 is 23.4 Å². The van der Waals surface area contributed by atoms with Gasteiger partial charge in [-0.1, -0.05) is 59.8 Å². The Morgan fingerprint density at radius 3 is 2.71 bits per heavy atom. The van der Waals surface area contributed by atoms with Gasteiger partial charge in [-0.05, 0) is 48.4 Å². The summed E-state index contributed by atoms with van der Waals surface area (Å²) in [4.78, 5) is 32.8. The summed E-state index contributed by atoms with van der Waals surface area (Å²) in [5.41, 5.74) is 3.19. The molecule has 7 heteroatoms. The maximum Gasteiger partial charge on any atom is 0.266 e. The first kappa shape index (κ1) is 19.8. The first-order valence-electron chi connectivity index (χ1n) is 9.90. The summed E-state index contributed by atoms with van der Waals surface area (Å²) in [6.07, 6.45) is 0.855. The van der Waals surface area contributed by atoms with Crippen LogP contribution in [-0.2, 0) is 11.2 Å². The quantitative estimate of drug-likeness (QED) is 0.335. The molecule has 2 heterocycles. The SMILES string of the molecule is O=C(CSc1nc2ccccc2c(=O)n1-c1cccc(Cl)c1)N1CCc2ccccc21. The lowest BCUT2D eigenvalue weighted by atomic mass is 10.2. The average Bonchev–Trinajstić information content (AvgIpc) is 3.22. The molecule has 31 heavy (non-hydrogen) atoms. The molecule has 0 saturated heterocycles. The van der Waals surface area contributed by atoms with Crippen molar-refractivity contribution in [2.24, 2.45) is 0 Å². The molecule has 0 atom stereocenters. The zero-order valence-electron chi connectivity index (χ0n) is 16.5. The molecule has 5 nitrogen and oxygen atoms in total. The maximum absolute atomic E-state index is 13.3. The molecule has 1 aliphatic heterocycles. The molecular formula is C24H18ClN3O2S. The van der Waals surface area contributed by atoms with Crippen LogP contribution in [0.3, 0.4) is 0 Å². The number of para-hydroxylation sites is 2. The fourth-order valence-electron chi connectivity index (χ4n) is 3.85. The number of anilines is 1. The van der Waals surface area contributed by atoms with E-state index in [1.807, 2.05) is 47.4 Å². The van der Waals surface area contributed by atoms with Crippen molar-refractivity contribution in [2.75, 3.05) is 17.2 Å². The van der Waals surface area contributed by atoms with Crippen LogP contribution in [0.5, 0.6) is 0 Å². The standard InChI is InChI=1S/C24H18ClN3O2S/c25-17-7-5-8-18(14-17)28-23(30)19-9-2-3-10-20(19)26-24(28)31-15-22(29)27-13-12-16-6-1-4-11-21(16)27/h1-11,14H,12-13,15H2. The predicted molar refractivity (Wildman–Crippen MR) is 126 cm³/mol. The number of carbonyl (C=O) groups excluding carboxylic acids is 1. The van der Waals surface area contributed by atoms with E-state index in [-0.39, 0.29) is 17.2 Å². The highest BCUT2D eigenvalue weighted by molar-refractivity contribution is 7.99. The van der Waals surface area contributed by atoms with Crippen LogP contribution in [0.2, 0.25) is 5.02 Å². The van der Waals surface area contributed by atoms with E-state index in [9.17, 15) is 9.59 Å². The molecule has 0 radical (unpaired) electrons. The van der Waals surface area contributed by atoms with Gasteiger partial charge in [-0.25, -0.2) is 4.98 Å². The van der Waals surface area contributed by atoms with E-state index >= 15 is 0 Å². The van der Waals surface area contributed by atoms with E-state index in [0.29, 0.717) is 33.3 Å². The minimum Gasteiger partial charge on any atom is -0.311 e. The molecule has 5 rings (SSSR count). The van der Waals surface area contributed by atoms with Gasteiger partial charge in [0.1, 0.15) is 0 Å². The summed E-state index contributed by atoms with van der Waals surface area (Å²) in [7, 11) is 0. The van der Waals surface area contributed by atoms with Gasteiger partial charge in [0.2, 0.25) is 5.91 Å². The van der Waals surface area contributed by atoms with Gasteiger partial charge in [-0.15, -0.1) is 0 Å². The minimum atomic E-state index is -0.186. The van der Waals surface area contributed by atoms with Gasteiger partial charge in [0.15, 0.2) is 5.16 Å². The fraction of sp³-hybridized carbons (Fsp3) is 0.125. The van der Waals surface area contributed by atoms with Gasteiger partial charge < -0.3 is 4.90 Å². The number of amides is 1. The Morgan fingerprint density at radius 2 is 1.84 bits per heavy atom.